The molecule has 0 spiro atoms. The van der Waals surface area contributed by atoms with Gasteiger partial charge in [-0.1, -0.05) is 6.07 Å². The summed E-state index contributed by atoms with van der Waals surface area (Å²) in [4.78, 5) is 47.4. The smallest absolute Gasteiger partial charge is 0.248 e. The second-order valence-electron chi connectivity index (χ2n) is 7.88. The van der Waals surface area contributed by atoms with E-state index in [1.807, 2.05) is 0 Å². The van der Waals surface area contributed by atoms with E-state index in [0.717, 1.165) is 6.42 Å². The number of amides is 2. The first-order chi connectivity index (χ1) is 15.0. The Balaban J connectivity index is 1.36. The summed E-state index contributed by atoms with van der Waals surface area (Å²) in [7, 11) is 0. The summed E-state index contributed by atoms with van der Waals surface area (Å²) in [6.45, 7) is 0.0402. The standard InChI is InChI=1S/C21H19BrN6O3/c22-16-2-1-3-17(25-16)26-21(31)15-7-11-6-14(11)28(15)18(30)9-27-5-4-13-19(23)12(10-29)8-24-20(13)27/h1-5,8,10-11,14-15H,6-7,9H2,(H2,23,24)(H,25,26,31)/t11-,14-,15+/m1/s1. The van der Waals surface area contributed by atoms with Crippen LogP contribution < -0.4 is 11.1 Å². The molecule has 0 aromatic carbocycles. The van der Waals surface area contributed by atoms with Crippen molar-refractivity contribution in [3.63, 3.8) is 0 Å². The Kier molecular flexibility index (Phi) is 4.73. The Hall–Kier alpha value is -3.27. The van der Waals surface area contributed by atoms with E-state index in [2.05, 4.69) is 31.2 Å². The highest BCUT2D eigenvalue weighted by atomic mass is 79.9. The fraction of sp³-hybridized carbons (Fsp3) is 0.286. The van der Waals surface area contributed by atoms with E-state index in [0.29, 0.717) is 51.3 Å². The molecule has 158 valence electrons. The number of nitrogens with one attached hydrogen (secondary N) is 1. The second kappa shape index (κ2) is 7.45. The number of pyridine rings is 2. The Morgan fingerprint density at radius 2 is 2.13 bits per heavy atom. The zero-order chi connectivity index (χ0) is 21.7. The van der Waals surface area contributed by atoms with Crippen molar-refractivity contribution in [2.75, 3.05) is 11.1 Å². The number of rotatable bonds is 5. The molecule has 1 saturated heterocycles. The van der Waals surface area contributed by atoms with E-state index in [4.69, 9.17) is 5.73 Å². The van der Waals surface area contributed by atoms with Gasteiger partial charge in [0.2, 0.25) is 11.8 Å². The van der Waals surface area contributed by atoms with E-state index in [1.54, 1.807) is 39.9 Å². The maximum Gasteiger partial charge on any atom is 0.248 e. The molecular weight excluding hydrogens is 464 g/mol. The molecule has 9 nitrogen and oxygen atoms in total. The predicted octanol–water partition coefficient (Wildman–Crippen LogP) is 2.22. The summed E-state index contributed by atoms with van der Waals surface area (Å²) in [5.41, 5.74) is 7.21. The lowest BCUT2D eigenvalue weighted by atomic mass is 10.1. The molecule has 2 amide bonds. The van der Waals surface area contributed by atoms with Crippen LogP contribution in [0.15, 0.2) is 41.3 Å². The lowest BCUT2D eigenvalue weighted by molar-refractivity contribution is -0.138. The van der Waals surface area contributed by atoms with Gasteiger partial charge >= 0.3 is 0 Å². The summed E-state index contributed by atoms with van der Waals surface area (Å²) in [6, 6.07) is 6.58. The van der Waals surface area contributed by atoms with E-state index >= 15 is 0 Å². The number of anilines is 2. The largest absolute Gasteiger partial charge is 0.398 e. The Labute approximate surface area is 185 Å². The predicted molar refractivity (Wildman–Crippen MR) is 117 cm³/mol. The number of hydrogen-bond acceptors (Lipinski definition) is 6. The minimum absolute atomic E-state index is 0.0402. The van der Waals surface area contributed by atoms with Gasteiger partial charge in [-0.05, 0) is 52.9 Å². The van der Waals surface area contributed by atoms with Gasteiger partial charge < -0.3 is 20.5 Å². The summed E-state index contributed by atoms with van der Waals surface area (Å²) < 4.78 is 2.32. The molecule has 31 heavy (non-hydrogen) atoms. The molecule has 0 bridgehead atoms. The topological polar surface area (TPSA) is 123 Å². The highest BCUT2D eigenvalue weighted by Crippen LogP contribution is 2.48. The van der Waals surface area contributed by atoms with Crippen molar-refractivity contribution in [3.8, 4) is 0 Å². The number of fused-ring (bicyclic) bond motifs is 2. The summed E-state index contributed by atoms with van der Waals surface area (Å²) in [5.74, 6) is 0.418. The van der Waals surface area contributed by atoms with Crippen LogP contribution in [0.3, 0.4) is 0 Å². The van der Waals surface area contributed by atoms with Gasteiger partial charge in [0.1, 0.15) is 28.7 Å². The van der Waals surface area contributed by atoms with Crippen molar-refractivity contribution in [2.24, 2.45) is 5.92 Å². The van der Waals surface area contributed by atoms with Crippen molar-refractivity contribution >= 4 is 56.6 Å². The second-order valence-corrected chi connectivity index (χ2v) is 8.69. The molecule has 3 atom stereocenters. The first kappa shape index (κ1) is 19.7. The normalized spacial score (nSPS) is 21.7. The Morgan fingerprint density at radius 3 is 2.90 bits per heavy atom. The van der Waals surface area contributed by atoms with Gasteiger partial charge in [0.05, 0.1) is 11.3 Å². The fourth-order valence-corrected chi connectivity index (χ4v) is 4.70. The van der Waals surface area contributed by atoms with Gasteiger partial charge in [0.25, 0.3) is 0 Å². The van der Waals surface area contributed by atoms with Crippen LogP contribution in [-0.2, 0) is 16.1 Å². The van der Waals surface area contributed by atoms with Crippen molar-refractivity contribution < 1.29 is 14.4 Å². The number of piperidine rings is 1. The molecule has 3 N–H and O–H groups in total. The van der Waals surface area contributed by atoms with Crippen LogP contribution in [0, 0.1) is 5.92 Å². The van der Waals surface area contributed by atoms with Crippen LogP contribution in [0.1, 0.15) is 23.2 Å². The summed E-state index contributed by atoms with van der Waals surface area (Å²) in [6.07, 6.45) is 5.35. The lowest BCUT2D eigenvalue weighted by Gasteiger charge is -2.27. The minimum Gasteiger partial charge on any atom is -0.398 e. The zero-order valence-electron chi connectivity index (χ0n) is 16.4. The van der Waals surface area contributed by atoms with Crippen LogP contribution in [-0.4, -0.2) is 49.6 Å². The fourth-order valence-electron chi connectivity index (χ4n) is 4.36. The first-order valence-corrected chi connectivity index (χ1v) is 10.7. The van der Waals surface area contributed by atoms with Crippen LogP contribution in [0.2, 0.25) is 0 Å². The summed E-state index contributed by atoms with van der Waals surface area (Å²) >= 11 is 3.29. The SMILES string of the molecule is Nc1c(C=O)cnc2c1ccn2CC(=O)N1[C@@H]2C[C@@H]2C[C@H]1C(=O)Nc1cccc(Br)n1. The van der Waals surface area contributed by atoms with Crippen molar-refractivity contribution in [2.45, 2.75) is 31.5 Å². The Bertz CT molecular complexity index is 1230. The van der Waals surface area contributed by atoms with Crippen LogP contribution in [0.5, 0.6) is 0 Å². The lowest BCUT2D eigenvalue weighted by Crippen LogP contribution is -2.46. The number of halogens is 1. The average Bonchev–Trinajstić information content (AvgIpc) is 3.21. The molecule has 3 aromatic rings. The number of hydrogen-bond donors (Lipinski definition) is 2. The summed E-state index contributed by atoms with van der Waals surface area (Å²) in [5, 5.41) is 3.44. The third-order valence-corrected chi connectivity index (χ3v) is 6.40. The maximum atomic E-state index is 13.2. The number of aldehydes is 1. The molecule has 0 unspecified atom stereocenters. The molecular formula is C21H19BrN6O3. The highest BCUT2D eigenvalue weighted by molar-refractivity contribution is 9.10. The number of nitrogen functional groups attached to an aromatic ring is 1. The highest BCUT2D eigenvalue weighted by Gasteiger charge is 2.56. The quantitative estimate of drug-likeness (QED) is 0.424. The average molecular weight is 483 g/mol. The van der Waals surface area contributed by atoms with Crippen LogP contribution in [0.4, 0.5) is 11.5 Å². The van der Waals surface area contributed by atoms with E-state index in [1.165, 1.54) is 6.20 Å². The molecule has 2 aliphatic rings. The first-order valence-electron chi connectivity index (χ1n) is 9.89. The van der Waals surface area contributed by atoms with Crippen molar-refractivity contribution in [1.82, 2.24) is 19.4 Å². The number of carbonyl (C=O) groups excluding carboxylic acids is 3. The number of likely N-dealkylation sites (tertiary alicyclic amines) is 1. The van der Waals surface area contributed by atoms with Gasteiger partial charge in [-0.25, -0.2) is 9.97 Å². The molecule has 1 aliphatic heterocycles. The number of nitrogens with zero attached hydrogens (tertiary/aromatic N) is 4. The molecule has 5 rings (SSSR count). The van der Waals surface area contributed by atoms with Gasteiger partial charge in [0.15, 0.2) is 6.29 Å². The zero-order valence-corrected chi connectivity index (χ0v) is 17.9. The molecule has 4 heterocycles. The Morgan fingerprint density at radius 1 is 1.29 bits per heavy atom. The number of carbonyl (C=O) groups is 3. The monoisotopic (exact) mass is 482 g/mol. The molecule has 3 aromatic heterocycles. The number of aromatic nitrogens is 3. The van der Waals surface area contributed by atoms with Crippen LogP contribution >= 0.6 is 15.9 Å². The maximum absolute atomic E-state index is 13.2. The third-order valence-electron chi connectivity index (χ3n) is 5.96. The van der Waals surface area contributed by atoms with Gasteiger partial charge in [-0.15, -0.1) is 0 Å². The van der Waals surface area contributed by atoms with Crippen molar-refractivity contribution in [1.29, 1.82) is 0 Å². The molecule has 1 aliphatic carbocycles. The molecule has 2 fully saturated rings. The van der Waals surface area contributed by atoms with Gasteiger partial charge in [-0.3, -0.25) is 14.4 Å². The molecule has 0 radical (unpaired) electrons. The van der Waals surface area contributed by atoms with E-state index < -0.39 is 6.04 Å². The third kappa shape index (κ3) is 3.46. The van der Waals surface area contributed by atoms with Crippen LogP contribution in [0.25, 0.3) is 11.0 Å². The number of nitrogens with two attached hydrogens (primary N) is 1. The van der Waals surface area contributed by atoms with E-state index in [-0.39, 0.29) is 24.4 Å². The minimum atomic E-state index is -0.529. The van der Waals surface area contributed by atoms with Crippen molar-refractivity contribution in [3.05, 3.63) is 46.8 Å². The van der Waals surface area contributed by atoms with Gasteiger partial charge in [0, 0.05) is 23.8 Å². The molecule has 1 saturated carbocycles. The van der Waals surface area contributed by atoms with Gasteiger partial charge in [-0.2, -0.15) is 0 Å². The van der Waals surface area contributed by atoms with E-state index in [9.17, 15) is 14.4 Å². The molecule has 10 heteroatoms.